The number of halogens is 1. The Kier molecular flexibility index (Phi) is 6.31. The maximum absolute atomic E-state index is 13.1. The van der Waals surface area contributed by atoms with Crippen LogP contribution in [0, 0.1) is 0 Å². The normalized spacial score (nSPS) is 15.0. The molecule has 4 aromatic heterocycles. The minimum absolute atomic E-state index is 0.151. The van der Waals surface area contributed by atoms with Gasteiger partial charge in [-0.1, -0.05) is 11.6 Å². The van der Waals surface area contributed by atoms with Crippen LogP contribution in [0.25, 0.3) is 11.4 Å². The predicted octanol–water partition coefficient (Wildman–Crippen LogP) is 2.33. The molecule has 0 aliphatic carbocycles. The maximum atomic E-state index is 13.1. The summed E-state index contributed by atoms with van der Waals surface area (Å²) in [5.74, 6) is 1.43. The number of hydrogen-bond acceptors (Lipinski definition) is 10. The van der Waals surface area contributed by atoms with Crippen molar-refractivity contribution in [1.82, 2.24) is 34.7 Å². The summed E-state index contributed by atoms with van der Waals surface area (Å²) < 4.78 is 39.4. The van der Waals surface area contributed by atoms with Crippen LogP contribution in [0.2, 0.25) is 5.02 Å². The summed E-state index contributed by atoms with van der Waals surface area (Å²) >= 11 is 5.81. The number of sulfone groups is 1. The van der Waals surface area contributed by atoms with Crippen LogP contribution in [0.15, 0.2) is 49.2 Å². The fraction of sp³-hybridized carbons (Fsp3) is 0.273. The van der Waals surface area contributed by atoms with Gasteiger partial charge in [-0.05, 0) is 23.8 Å². The number of fused-ring (bicyclic) bond motifs is 3. The molecule has 0 N–H and O–H groups in total. The zero-order valence-electron chi connectivity index (χ0n) is 18.6. The molecule has 0 unspecified atom stereocenters. The first kappa shape index (κ1) is 23.1. The van der Waals surface area contributed by atoms with E-state index in [1.807, 2.05) is 12.1 Å². The first-order valence-corrected chi connectivity index (χ1v) is 12.8. The third kappa shape index (κ3) is 4.80. The number of aryl methyl sites for hydroxylation is 1. The highest BCUT2D eigenvalue weighted by atomic mass is 35.5. The van der Waals surface area contributed by atoms with E-state index in [2.05, 4.69) is 30.1 Å². The van der Waals surface area contributed by atoms with Crippen LogP contribution in [-0.4, -0.2) is 62.6 Å². The second-order valence-corrected chi connectivity index (χ2v) is 10.4. The molecule has 0 radical (unpaired) electrons. The van der Waals surface area contributed by atoms with E-state index in [4.69, 9.17) is 21.1 Å². The van der Waals surface area contributed by atoms with Crippen LogP contribution in [-0.2, 0) is 22.0 Å². The topological polar surface area (TPSA) is 135 Å². The predicted molar refractivity (Wildman–Crippen MR) is 126 cm³/mol. The molecule has 5 heterocycles. The average molecular weight is 514 g/mol. The SMILES string of the molecule is COc1nccc2c1OC[C@H](c1ccncc1)n1c(CS(=O)(=O)CCc3ncc(Cl)cn3)nnc1-2. The lowest BCUT2D eigenvalue weighted by Crippen LogP contribution is -2.22. The largest absolute Gasteiger partial charge is 0.485 e. The van der Waals surface area contributed by atoms with Gasteiger partial charge in [-0.25, -0.2) is 23.4 Å². The third-order valence-electron chi connectivity index (χ3n) is 5.52. The summed E-state index contributed by atoms with van der Waals surface area (Å²) in [5.41, 5.74) is 1.48. The van der Waals surface area contributed by atoms with Gasteiger partial charge in [0.15, 0.2) is 21.4 Å². The van der Waals surface area contributed by atoms with E-state index in [0.717, 1.165) is 5.56 Å². The van der Waals surface area contributed by atoms with Gasteiger partial charge in [0.05, 0.1) is 29.5 Å². The third-order valence-corrected chi connectivity index (χ3v) is 7.24. The van der Waals surface area contributed by atoms with Crippen molar-refractivity contribution in [3.8, 4) is 23.0 Å². The van der Waals surface area contributed by atoms with Gasteiger partial charge in [-0.3, -0.25) is 9.55 Å². The standard InChI is InChI=1S/C22H20ClN7O4S/c1-33-22-20-16(4-8-25-22)21-29-28-19(30(21)17(12-34-20)14-2-6-24-7-3-14)13-35(31,32)9-5-18-26-10-15(23)11-27-18/h2-4,6-8,10-11,17H,5,9,12-13H2,1H3/t17-/m1/s1. The van der Waals surface area contributed by atoms with Gasteiger partial charge in [-0.15, -0.1) is 10.2 Å². The lowest BCUT2D eigenvalue weighted by molar-refractivity contribution is 0.260. The minimum Gasteiger partial charge on any atom is -0.485 e. The summed E-state index contributed by atoms with van der Waals surface area (Å²) in [4.78, 5) is 16.5. The van der Waals surface area contributed by atoms with Crippen LogP contribution in [0.1, 0.15) is 23.3 Å². The molecule has 13 heteroatoms. The molecular formula is C22H20ClN7O4S. The first-order valence-electron chi connectivity index (χ1n) is 10.6. The molecule has 5 rings (SSSR count). The Morgan fingerprint density at radius 2 is 1.89 bits per heavy atom. The lowest BCUT2D eigenvalue weighted by Gasteiger charge is -2.20. The molecule has 180 valence electrons. The van der Waals surface area contributed by atoms with Crippen LogP contribution >= 0.6 is 11.6 Å². The van der Waals surface area contributed by atoms with E-state index >= 15 is 0 Å². The van der Waals surface area contributed by atoms with Gasteiger partial charge in [0.1, 0.15) is 24.0 Å². The molecule has 4 aromatic rings. The highest BCUT2D eigenvalue weighted by molar-refractivity contribution is 7.90. The number of nitrogens with zero attached hydrogens (tertiary/aromatic N) is 7. The summed E-state index contributed by atoms with van der Waals surface area (Å²) in [7, 11) is -2.08. The molecule has 0 saturated carbocycles. The molecule has 0 amide bonds. The van der Waals surface area contributed by atoms with Gasteiger partial charge >= 0.3 is 0 Å². The fourth-order valence-corrected chi connectivity index (χ4v) is 5.20. The van der Waals surface area contributed by atoms with Gasteiger partial charge < -0.3 is 9.47 Å². The molecule has 1 aliphatic rings. The van der Waals surface area contributed by atoms with Crippen LogP contribution < -0.4 is 9.47 Å². The Labute approximate surface area is 206 Å². The van der Waals surface area contributed by atoms with E-state index in [9.17, 15) is 8.42 Å². The van der Waals surface area contributed by atoms with E-state index < -0.39 is 15.9 Å². The Morgan fingerprint density at radius 3 is 2.63 bits per heavy atom. The fourth-order valence-electron chi connectivity index (χ4n) is 3.87. The first-order chi connectivity index (χ1) is 16.9. The Balaban J connectivity index is 1.52. The number of aromatic nitrogens is 7. The monoisotopic (exact) mass is 513 g/mol. The number of methoxy groups -OCH3 is 1. The average Bonchev–Trinajstić information content (AvgIpc) is 3.18. The smallest absolute Gasteiger partial charge is 0.257 e. The van der Waals surface area contributed by atoms with Gasteiger partial charge in [0, 0.05) is 37.4 Å². The van der Waals surface area contributed by atoms with Crippen molar-refractivity contribution in [3.05, 3.63) is 71.4 Å². The quantitative estimate of drug-likeness (QED) is 0.362. The molecule has 1 atom stereocenters. The van der Waals surface area contributed by atoms with Crippen molar-refractivity contribution in [2.45, 2.75) is 18.2 Å². The van der Waals surface area contributed by atoms with Crippen molar-refractivity contribution in [1.29, 1.82) is 0 Å². The molecular weight excluding hydrogens is 494 g/mol. The highest BCUT2D eigenvalue weighted by Crippen LogP contribution is 2.41. The van der Waals surface area contributed by atoms with Gasteiger partial charge in [0.2, 0.25) is 0 Å². The molecule has 0 bridgehead atoms. The van der Waals surface area contributed by atoms with Gasteiger partial charge in [0.25, 0.3) is 5.88 Å². The number of rotatable bonds is 7. The lowest BCUT2D eigenvalue weighted by atomic mass is 10.1. The van der Waals surface area contributed by atoms with Crippen LogP contribution in [0.3, 0.4) is 0 Å². The van der Waals surface area contributed by atoms with E-state index in [1.54, 1.807) is 29.2 Å². The molecule has 35 heavy (non-hydrogen) atoms. The Bertz CT molecular complexity index is 1450. The van der Waals surface area contributed by atoms with Crippen molar-refractivity contribution in [2.24, 2.45) is 0 Å². The summed E-state index contributed by atoms with van der Waals surface area (Å²) in [6.07, 6.45) is 7.95. The van der Waals surface area contributed by atoms with E-state index in [0.29, 0.717) is 39.7 Å². The van der Waals surface area contributed by atoms with E-state index in [1.165, 1.54) is 19.5 Å². The molecule has 0 saturated heterocycles. The number of pyridine rings is 2. The highest BCUT2D eigenvalue weighted by Gasteiger charge is 2.32. The summed E-state index contributed by atoms with van der Waals surface area (Å²) in [5, 5.41) is 9.01. The number of hydrogen-bond donors (Lipinski definition) is 0. The van der Waals surface area contributed by atoms with Gasteiger partial charge in [-0.2, -0.15) is 0 Å². The zero-order valence-corrected chi connectivity index (χ0v) is 20.1. The summed E-state index contributed by atoms with van der Waals surface area (Å²) in [6, 6.07) is 5.03. The molecule has 0 spiro atoms. The van der Waals surface area contributed by atoms with E-state index in [-0.39, 0.29) is 24.5 Å². The molecule has 0 aromatic carbocycles. The minimum atomic E-state index is -3.58. The van der Waals surface area contributed by atoms with Crippen molar-refractivity contribution in [2.75, 3.05) is 19.5 Å². The second-order valence-electron chi connectivity index (χ2n) is 7.77. The Morgan fingerprint density at radius 1 is 1.11 bits per heavy atom. The number of ether oxygens (including phenoxy) is 2. The van der Waals surface area contributed by atoms with Crippen LogP contribution in [0.4, 0.5) is 0 Å². The van der Waals surface area contributed by atoms with Crippen molar-refractivity contribution >= 4 is 21.4 Å². The van der Waals surface area contributed by atoms with Crippen LogP contribution in [0.5, 0.6) is 11.6 Å². The second kappa shape index (κ2) is 9.55. The summed E-state index contributed by atoms with van der Waals surface area (Å²) in [6.45, 7) is 0.190. The molecule has 0 fully saturated rings. The van der Waals surface area contributed by atoms with Crippen molar-refractivity contribution in [3.63, 3.8) is 0 Å². The zero-order chi connectivity index (χ0) is 24.4. The Hall–Kier alpha value is -3.64. The maximum Gasteiger partial charge on any atom is 0.257 e. The molecule has 11 nitrogen and oxygen atoms in total. The molecule has 1 aliphatic heterocycles. The van der Waals surface area contributed by atoms with Crippen molar-refractivity contribution < 1.29 is 17.9 Å².